The van der Waals surface area contributed by atoms with Crippen LogP contribution >= 0.6 is 0 Å². The fourth-order valence-electron chi connectivity index (χ4n) is 3.76. The lowest BCUT2D eigenvalue weighted by Gasteiger charge is -2.23. The number of alkyl halides is 2. The third-order valence-electron chi connectivity index (χ3n) is 4.91. The second-order valence-corrected chi connectivity index (χ2v) is 6.14. The molecule has 2 atom stereocenters. The summed E-state index contributed by atoms with van der Waals surface area (Å²) in [6.07, 6.45) is 2.29. The van der Waals surface area contributed by atoms with Crippen LogP contribution in [0.1, 0.15) is 29.6 Å². The van der Waals surface area contributed by atoms with E-state index in [4.69, 9.17) is 0 Å². The van der Waals surface area contributed by atoms with E-state index in [9.17, 15) is 23.5 Å². The van der Waals surface area contributed by atoms with Crippen LogP contribution in [0.2, 0.25) is 0 Å². The second-order valence-electron chi connectivity index (χ2n) is 6.14. The number of carbonyl (C=O) groups is 2. The summed E-state index contributed by atoms with van der Waals surface area (Å²) in [5.41, 5.74) is -0.485. The zero-order chi connectivity index (χ0) is 16.6. The Kier molecular flexibility index (Phi) is 3.95. The quantitative estimate of drug-likeness (QED) is 0.924. The van der Waals surface area contributed by atoms with E-state index in [2.05, 4.69) is 4.74 Å². The predicted molar refractivity (Wildman–Crippen MR) is 76.4 cm³/mol. The van der Waals surface area contributed by atoms with Gasteiger partial charge in [0.2, 0.25) is 0 Å². The maximum Gasteiger partial charge on any atom is 0.387 e. The van der Waals surface area contributed by atoms with E-state index >= 15 is 0 Å². The van der Waals surface area contributed by atoms with Gasteiger partial charge in [0.05, 0.1) is 5.41 Å². The fraction of sp³-hybridized carbons (Fsp3) is 0.500. The maximum atomic E-state index is 12.5. The number of hydrogen-bond donors (Lipinski definition) is 1. The number of carboxylic acid groups (broad SMARTS) is 1. The van der Waals surface area contributed by atoms with E-state index < -0.39 is 18.0 Å². The van der Waals surface area contributed by atoms with E-state index in [0.717, 1.165) is 12.8 Å². The molecule has 23 heavy (non-hydrogen) atoms. The molecule has 1 saturated carbocycles. The highest BCUT2D eigenvalue weighted by molar-refractivity contribution is 5.95. The van der Waals surface area contributed by atoms with Crippen LogP contribution in [-0.4, -0.2) is 41.6 Å². The standard InChI is InChI=1S/C16H17F2NO4/c17-15(18)23-12-5-3-10(4-6-12)13(20)19-8-11-2-1-7-16(11,9-19)14(21)22/h3-6,11,15H,1-2,7-9H2,(H,21,22)/t11-,16+/m0/s1. The number of aliphatic carboxylic acids is 1. The minimum absolute atomic E-state index is 0.00890. The van der Waals surface area contributed by atoms with Gasteiger partial charge in [-0.3, -0.25) is 9.59 Å². The summed E-state index contributed by atoms with van der Waals surface area (Å²) < 4.78 is 28.5. The Hall–Kier alpha value is -2.18. The lowest BCUT2D eigenvalue weighted by atomic mass is 9.81. The molecule has 0 spiro atoms. The Morgan fingerprint density at radius 1 is 1.30 bits per heavy atom. The number of likely N-dealkylation sites (tertiary alicyclic amines) is 1. The Morgan fingerprint density at radius 2 is 2.00 bits per heavy atom. The lowest BCUT2D eigenvalue weighted by Crippen LogP contribution is -2.37. The average molecular weight is 325 g/mol. The van der Waals surface area contributed by atoms with Gasteiger partial charge in [-0.15, -0.1) is 0 Å². The van der Waals surface area contributed by atoms with Gasteiger partial charge in [-0.2, -0.15) is 8.78 Å². The molecule has 1 saturated heterocycles. The van der Waals surface area contributed by atoms with Crippen LogP contribution in [0, 0.1) is 11.3 Å². The molecule has 1 N–H and O–H groups in total. The summed E-state index contributed by atoms with van der Waals surface area (Å²) in [7, 11) is 0. The highest BCUT2D eigenvalue weighted by Crippen LogP contribution is 2.49. The van der Waals surface area contributed by atoms with Crippen LogP contribution in [0.15, 0.2) is 24.3 Å². The molecule has 1 aliphatic carbocycles. The largest absolute Gasteiger partial charge is 0.481 e. The molecule has 2 aliphatic rings. The molecule has 1 aromatic carbocycles. The minimum Gasteiger partial charge on any atom is -0.481 e. The number of nitrogens with zero attached hydrogens (tertiary/aromatic N) is 1. The van der Waals surface area contributed by atoms with Crippen molar-refractivity contribution in [1.29, 1.82) is 0 Å². The van der Waals surface area contributed by atoms with Crippen molar-refractivity contribution in [3.63, 3.8) is 0 Å². The zero-order valence-electron chi connectivity index (χ0n) is 12.4. The Bertz CT molecular complexity index is 619. The molecular weight excluding hydrogens is 308 g/mol. The van der Waals surface area contributed by atoms with Gasteiger partial charge < -0.3 is 14.7 Å². The first-order valence-corrected chi connectivity index (χ1v) is 7.50. The molecule has 2 fully saturated rings. The van der Waals surface area contributed by atoms with Crippen molar-refractivity contribution in [3.8, 4) is 5.75 Å². The fourth-order valence-corrected chi connectivity index (χ4v) is 3.76. The van der Waals surface area contributed by atoms with Gasteiger partial charge >= 0.3 is 12.6 Å². The molecule has 7 heteroatoms. The number of hydrogen-bond acceptors (Lipinski definition) is 3. The average Bonchev–Trinajstić information content (AvgIpc) is 3.04. The number of carboxylic acids is 1. The number of fused-ring (bicyclic) bond motifs is 1. The third kappa shape index (κ3) is 2.75. The first-order chi connectivity index (χ1) is 10.9. The Morgan fingerprint density at radius 3 is 2.57 bits per heavy atom. The van der Waals surface area contributed by atoms with Crippen molar-refractivity contribution in [2.45, 2.75) is 25.9 Å². The van der Waals surface area contributed by atoms with Crippen LogP contribution in [0.25, 0.3) is 0 Å². The van der Waals surface area contributed by atoms with E-state index in [1.54, 1.807) is 4.90 Å². The van der Waals surface area contributed by atoms with Gasteiger partial charge in [0.15, 0.2) is 0 Å². The van der Waals surface area contributed by atoms with Gasteiger partial charge in [-0.05, 0) is 43.0 Å². The first kappa shape index (κ1) is 15.7. The van der Waals surface area contributed by atoms with Crippen LogP contribution in [-0.2, 0) is 4.79 Å². The van der Waals surface area contributed by atoms with Crippen molar-refractivity contribution in [1.82, 2.24) is 4.90 Å². The molecule has 1 aliphatic heterocycles. The number of halogens is 2. The molecule has 0 radical (unpaired) electrons. The smallest absolute Gasteiger partial charge is 0.387 e. The van der Waals surface area contributed by atoms with Crippen molar-refractivity contribution in [2.24, 2.45) is 11.3 Å². The van der Waals surface area contributed by atoms with Gasteiger partial charge in [-0.1, -0.05) is 6.42 Å². The number of amides is 1. The number of benzene rings is 1. The molecule has 1 aromatic rings. The molecule has 3 rings (SSSR count). The van der Waals surface area contributed by atoms with E-state index in [1.165, 1.54) is 24.3 Å². The van der Waals surface area contributed by atoms with E-state index in [0.29, 0.717) is 18.5 Å². The van der Waals surface area contributed by atoms with Gasteiger partial charge in [0, 0.05) is 18.7 Å². The molecule has 5 nitrogen and oxygen atoms in total. The van der Waals surface area contributed by atoms with Gasteiger partial charge in [0.25, 0.3) is 5.91 Å². The molecule has 0 bridgehead atoms. The summed E-state index contributed by atoms with van der Waals surface area (Å²) >= 11 is 0. The highest BCUT2D eigenvalue weighted by atomic mass is 19.3. The summed E-state index contributed by atoms with van der Waals surface area (Å²) in [6.45, 7) is -2.27. The molecular formula is C16H17F2NO4. The Balaban J connectivity index is 1.73. The number of carbonyl (C=O) groups excluding carboxylic acids is 1. The van der Waals surface area contributed by atoms with E-state index in [-0.39, 0.29) is 24.1 Å². The van der Waals surface area contributed by atoms with E-state index in [1.807, 2.05) is 0 Å². The minimum atomic E-state index is -2.91. The molecule has 0 aromatic heterocycles. The van der Waals surface area contributed by atoms with Gasteiger partial charge in [-0.25, -0.2) is 0 Å². The monoisotopic (exact) mass is 325 g/mol. The van der Waals surface area contributed by atoms with Crippen molar-refractivity contribution >= 4 is 11.9 Å². The third-order valence-corrected chi connectivity index (χ3v) is 4.91. The molecule has 1 heterocycles. The molecule has 0 unspecified atom stereocenters. The summed E-state index contributed by atoms with van der Waals surface area (Å²) in [6, 6.07) is 5.45. The zero-order valence-corrected chi connectivity index (χ0v) is 12.4. The number of rotatable bonds is 4. The van der Waals surface area contributed by atoms with Crippen LogP contribution in [0.5, 0.6) is 5.75 Å². The summed E-state index contributed by atoms with van der Waals surface area (Å²) in [5, 5.41) is 9.54. The normalized spacial score (nSPS) is 26.4. The maximum absolute atomic E-state index is 12.5. The van der Waals surface area contributed by atoms with Crippen LogP contribution in [0.4, 0.5) is 8.78 Å². The predicted octanol–water partition coefficient (Wildman–Crippen LogP) is 2.61. The summed E-state index contributed by atoms with van der Waals surface area (Å²) in [4.78, 5) is 25.7. The van der Waals surface area contributed by atoms with Crippen LogP contribution < -0.4 is 4.74 Å². The lowest BCUT2D eigenvalue weighted by molar-refractivity contribution is -0.149. The number of ether oxygens (including phenoxy) is 1. The highest BCUT2D eigenvalue weighted by Gasteiger charge is 2.55. The molecule has 1 amide bonds. The summed E-state index contributed by atoms with van der Waals surface area (Å²) in [5.74, 6) is -1.14. The van der Waals surface area contributed by atoms with Gasteiger partial charge in [0.1, 0.15) is 5.75 Å². The van der Waals surface area contributed by atoms with Crippen LogP contribution in [0.3, 0.4) is 0 Å². The topological polar surface area (TPSA) is 66.8 Å². The van der Waals surface area contributed by atoms with Crippen molar-refractivity contribution in [2.75, 3.05) is 13.1 Å². The second kappa shape index (κ2) is 5.79. The molecule has 124 valence electrons. The SMILES string of the molecule is O=C(c1ccc(OC(F)F)cc1)N1C[C@@H]2CCC[C@@]2(C(=O)O)C1. The van der Waals surface area contributed by atoms with Crippen molar-refractivity contribution < 1.29 is 28.2 Å². The Labute approximate surface area is 131 Å². The van der Waals surface area contributed by atoms with Crippen molar-refractivity contribution in [3.05, 3.63) is 29.8 Å². The first-order valence-electron chi connectivity index (χ1n) is 7.50.